The number of anilines is 2. The van der Waals surface area contributed by atoms with E-state index in [1.807, 2.05) is 0 Å². The number of carbonyl (C=O) groups excluding carboxylic acids is 1. The molecule has 3 aromatic carbocycles. The molecule has 0 amide bonds. The SMILES string of the molecule is CCC1CCC(c2ccc(N=C3C=CC(=O)c4c(Nc5ccc(C6CCC(CC)CC6)cc5)ccc(O)c43)cc2)CC1. The van der Waals surface area contributed by atoms with E-state index < -0.39 is 0 Å². The van der Waals surface area contributed by atoms with Crippen molar-refractivity contribution in [2.45, 2.75) is 89.9 Å². The van der Waals surface area contributed by atoms with E-state index in [0.29, 0.717) is 34.4 Å². The lowest BCUT2D eigenvalue weighted by Crippen LogP contribution is -2.15. The Morgan fingerprint density at radius 1 is 0.690 bits per heavy atom. The third kappa shape index (κ3) is 6.09. The molecule has 0 saturated heterocycles. The van der Waals surface area contributed by atoms with Crippen molar-refractivity contribution in [1.82, 2.24) is 0 Å². The van der Waals surface area contributed by atoms with Gasteiger partial charge in [-0.3, -0.25) is 4.79 Å². The van der Waals surface area contributed by atoms with Crippen LogP contribution >= 0.6 is 0 Å². The number of allylic oxidation sites excluding steroid dienone is 2. The molecule has 0 spiro atoms. The third-order valence-electron chi connectivity index (χ3n) is 10.2. The number of phenolic OH excluding ortho intramolecular Hbond substituents is 1. The monoisotopic (exact) mass is 560 g/mol. The number of aromatic hydroxyl groups is 1. The van der Waals surface area contributed by atoms with E-state index in [1.165, 1.54) is 75.3 Å². The average Bonchev–Trinajstić information content (AvgIpc) is 3.04. The van der Waals surface area contributed by atoms with Crippen LogP contribution in [0.25, 0.3) is 0 Å². The maximum absolute atomic E-state index is 13.1. The molecule has 0 aromatic heterocycles. The van der Waals surface area contributed by atoms with Gasteiger partial charge < -0.3 is 10.4 Å². The highest BCUT2D eigenvalue weighted by Crippen LogP contribution is 2.40. The molecule has 4 heteroatoms. The number of ketones is 1. The van der Waals surface area contributed by atoms with Gasteiger partial charge in [-0.2, -0.15) is 0 Å². The number of carbonyl (C=O) groups is 1. The first kappa shape index (κ1) is 28.5. The van der Waals surface area contributed by atoms with Crippen molar-refractivity contribution in [1.29, 1.82) is 0 Å². The molecule has 6 rings (SSSR count). The summed E-state index contributed by atoms with van der Waals surface area (Å²) in [4.78, 5) is 18.0. The minimum absolute atomic E-state index is 0.0642. The summed E-state index contributed by atoms with van der Waals surface area (Å²) in [6.45, 7) is 4.61. The van der Waals surface area contributed by atoms with Crippen LogP contribution in [0.4, 0.5) is 17.1 Å². The Morgan fingerprint density at radius 2 is 1.24 bits per heavy atom. The molecule has 0 atom stereocenters. The van der Waals surface area contributed by atoms with Crippen LogP contribution in [0.1, 0.15) is 117 Å². The van der Waals surface area contributed by atoms with Gasteiger partial charge in [0.25, 0.3) is 0 Å². The quantitative estimate of drug-likeness (QED) is 0.283. The highest BCUT2D eigenvalue weighted by Gasteiger charge is 2.26. The maximum atomic E-state index is 13.1. The molecule has 2 fully saturated rings. The zero-order chi connectivity index (χ0) is 29.1. The first-order valence-corrected chi connectivity index (χ1v) is 16.2. The summed E-state index contributed by atoms with van der Waals surface area (Å²) in [6.07, 6.45) is 16.2. The van der Waals surface area contributed by atoms with Gasteiger partial charge in [0.1, 0.15) is 5.75 Å². The molecule has 2 N–H and O–H groups in total. The smallest absolute Gasteiger partial charge is 0.188 e. The Kier molecular flexibility index (Phi) is 8.60. The number of phenols is 1. The second-order valence-electron chi connectivity index (χ2n) is 12.7. The zero-order valence-corrected chi connectivity index (χ0v) is 25.1. The van der Waals surface area contributed by atoms with Gasteiger partial charge in [0, 0.05) is 5.69 Å². The van der Waals surface area contributed by atoms with Crippen molar-refractivity contribution >= 4 is 28.6 Å². The fourth-order valence-electron chi connectivity index (χ4n) is 7.39. The highest BCUT2D eigenvalue weighted by atomic mass is 16.3. The van der Waals surface area contributed by atoms with Crippen LogP contribution in [0, 0.1) is 11.8 Å². The van der Waals surface area contributed by atoms with E-state index in [4.69, 9.17) is 4.99 Å². The number of nitrogens with zero attached hydrogens (tertiary/aromatic N) is 1. The van der Waals surface area contributed by atoms with Crippen LogP contribution in [-0.4, -0.2) is 16.6 Å². The summed E-state index contributed by atoms with van der Waals surface area (Å²) in [5.74, 6) is 2.97. The Hall–Kier alpha value is -3.66. The lowest BCUT2D eigenvalue weighted by Gasteiger charge is -2.28. The van der Waals surface area contributed by atoms with E-state index >= 15 is 0 Å². The van der Waals surface area contributed by atoms with E-state index in [1.54, 1.807) is 24.3 Å². The molecule has 2 saturated carbocycles. The van der Waals surface area contributed by atoms with Crippen LogP contribution < -0.4 is 5.32 Å². The number of nitrogens with one attached hydrogen (secondary N) is 1. The fraction of sp³-hybridized carbons (Fsp3) is 0.421. The van der Waals surface area contributed by atoms with Crippen molar-refractivity contribution in [3.63, 3.8) is 0 Å². The minimum Gasteiger partial charge on any atom is -0.507 e. The summed E-state index contributed by atoms with van der Waals surface area (Å²) in [5.41, 5.74) is 6.76. The lowest BCUT2D eigenvalue weighted by atomic mass is 9.78. The summed E-state index contributed by atoms with van der Waals surface area (Å²) >= 11 is 0. The van der Waals surface area contributed by atoms with Gasteiger partial charge in [0.05, 0.1) is 28.2 Å². The molecular weight excluding hydrogens is 516 g/mol. The van der Waals surface area contributed by atoms with E-state index in [0.717, 1.165) is 23.2 Å². The molecule has 0 unspecified atom stereocenters. The zero-order valence-electron chi connectivity index (χ0n) is 25.1. The van der Waals surface area contributed by atoms with Crippen molar-refractivity contribution in [3.05, 3.63) is 95.1 Å². The van der Waals surface area contributed by atoms with Crippen LogP contribution in [0.15, 0.2) is 77.8 Å². The molecule has 0 aliphatic heterocycles. The molecular formula is C38H44N2O2. The van der Waals surface area contributed by atoms with E-state index in [9.17, 15) is 9.90 Å². The van der Waals surface area contributed by atoms with Crippen molar-refractivity contribution in [3.8, 4) is 5.75 Å². The number of rotatable bonds is 7. The predicted molar refractivity (Wildman–Crippen MR) is 174 cm³/mol. The molecule has 3 aliphatic carbocycles. The maximum Gasteiger partial charge on any atom is 0.188 e. The van der Waals surface area contributed by atoms with Gasteiger partial charge in [0.15, 0.2) is 5.78 Å². The lowest BCUT2D eigenvalue weighted by molar-refractivity contribution is 0.104. The second kappa shape index (κ2) is 12.7. The normalized spacial score (nSPS) is 24.9. The fourth-order valence-corrected chi connectivity index (χ4v) is 7.39. The van der Waals surface area contributed by atoms with Crippen molar-refractivity contribution in [2.24, 2.45) is 16.8 Å². The van der Waals surface area contributed by atoms with Crippen LogP contribution in [0.2, 0.25) is 0 Å². The summed E-state index contributed by atoms with van der Waals surface area (Å²) in [7, 11) is 0. The Labute approximate surface area is 251 Å². The molecule has 218 valence electrons. The first-order chi connectivity index (χ1) is 20.5. The topological polar surface area (TPSA) is 61.7 Å². The number of aliphatic imine (C=N–C) groups is 1. The van der Waals surface area contributed by atoms with Gasteiger partial charge >= 0.3 is 0 Å². The molecule has 42 heavy (non-hydrogen) atoms. The second-order valence-corrected chi connectivity index (χ2v) is 12.7. The number of fused-ring (bicyclic) bond motifs is 1. The third-order valence-corrected chi connectivity index (χ3v) is 10.2. The number of benzene rings is 3. The largest absolute Gasteiger partial charge is 0.507 e. The molecule has 0 bridgehead atoms. The Balaban J connectivity index is 1.20. The average molecular weight is 561 g/mol. The molecule has 4 nitrogen and oxygen atoms in total. The van der Waals surface area contributed by atoms with Gasteiger partial charge in [-0.1, -0.05) is 51.0 Å². The van der Waals surface area contributed by atoms with Gasteiger partial charge in [-0.15, -0.1) is 0 Å². The van der Waals surface area contributed by atoms with Crippen LogP contribution in [0.3, 0.4) is 0 Å². The number of hydrogen-bond acceptors (Lipinski definition) is 4. The molecule has 0 heterocycles. The molecule has 0 radical (unpaired) electrons. The first-order valence-electron chi connectivity index (χ1n) is 16.2. The summed E-state index contributed by atoms with van der Waals surface area (Å²) in [6, 6.07) is 20.6. The highest BCUT2D eigenvalue weighted by molar-refractivity contribution is 6.27. The van der Waals surface area contributed by atoms with Gasteiger partial charge in [0.2, 0.25) is 0 Å². The number of hydrogen-bond donors (Lipinski definition) is 2. The van der Waals surface area contributed by atoms with Crippen LogP contribution in [-0.2, 0) is 0 Å². The van der Waals surface area contributed by atoms with Gasteiger partial charge in [-0.25, -0.2) is 4.99 Å². The summed E-state index contributed by atoms with van der Waals surface area (Å²) in [5, 5.41) is 14.3. The Morgan fingerprint density at radius 3 is 1.79 bits per heavy atom. The standard InChI is InChI=1S/C38H44N2O2/c1-3-25-5-9-27(10-6-25)29-13-17-31(18-14-29)39-33-21-23-36(42)38-34(22-24-35(41)37(33)38)40-32-19-15-30(16-20-32)28-11-7-26(4-2)8-12-28/h13-28,39,42H,3-12H2,1-2H3. The Bertz CT molecular complexity index is 1450. The summed E-state index contributed by atoms with van der Waals surface area (Å²) < 4.78 is 0. The minimum atomic E-state index is -0.135. The van der Waals surface area contributed by atoms with Crippen LogP contribution in [0.5, 0.6) is 5.75 Å². The van der Waals surface area contributed by atoms with E-state index in [-0.39, 0.29) is 11.5 Å². The van der Waals surface area contributed by atoms with Crippen molar-refractivity contribution in [2.75, 3.05) is 5.32 Å². The van der Waals surface area contributed by atoms with Gasteiger partial charge in [-0.05, 0) is 135 Å². The predicted octanol–water partition coefficient (Wildman–Crippen LogP) is 10.4. The van der Waals surface area contributed by atoms with Crippen molar-refractivity contribution < 1.29 is 9.90 Å². The van der Waals surface area contributed by atoms with E-state index in [2.05, 4.69) is 67.7 Å². The molecule has 3 aliphatic rings. The molecule has 3 aromatic rings.